The molecule has 1 amide bonds. The third-order valence-electron chi connectivity index (χ3n) is 3.11. The first-order valence-electron chi connectivity index (χ1n) is 5.53. The molecule has 0 spiro atoms. The zero-order valence-corrected chi connectivity index (χ0v) is 9.79. The monoisotopic (exact) mass is 238 g/mol. The zero-order chi connectivity index (χ0) is 12.7. The fraction of sp³-hybridized carbons (Fsp3) is 0.154. The Labute approximate surface area is 104 Å². The molecule has 2 aromatic rings. The molecule has 0 saturated heterocycles. The number of anilines is 1. The van der Waals surface area contributed by atoms with Gasteiger partial charge in [-0.2, -0.15) is 10.4 Å². The first-order chi connectivity index (χ1) is 8.70. The summed E-state index contributed by atoms with van der Waals surface area (Å²) in [5, 5.41) is 12.9. The maximum atomic E-state index is 12.2. The number of nitriles is 1. The van der Waals surface area contributed by atoms with Crippen LogP contribution in [-0.4, -0.2) is 15.7 Å². The van der Waals surface area contributed by atoms with Crippen molar-refractivity contribution in [2.45, 2.75) is 6.54 Å². The molecular formula is C13H10N4O. The Balaban J connectivity index is 2.04. The van der Waals surface area contributed by atoms with Gasteiger partial charge in [0.25, 0.3) is 5.91 Å². The van der Waals surface area contributed by atoms with E-state index in [2.05, 4.69) is 11.2 Å². The summed E-state index contributed by atoms with van der Waals surface area (Å²) in [6.07, 6.45) is 1.66. The van der Waals surface area contributed by atoms with Crippen molar-refractivity contribution < 1.29 is 4.79 Å². The van der Waals surface area contributed by atoms with Crippen LogP contribution in [0.5, 0.6) is 0 Å². The number of fused-ring (bicyclic) bond motifs is 1. The number of carbonyl (C=O) groups excluding carboxylic acids is 1. The van der Waals surface area contributed by atoms with Crippen molar-refractivity contribution in [3.63, 3.8) is 0 Å². The predicted octanol–water partition coefficient (Wildman–Crippen LogP) is 1.45. The minimum Gasteiger partial charge on any atom is -0.288 e. The molecule has 0 bridgehead atoms. The molecule has 0 saturated carbocycles. The van der Waals surface area contributed by atoms with Crippen LogP contribution in [0.25, 0.3) is 0 Å². The van der Waals surface area contributed by atoms with E-state index in [4.69, 9.17) is 5.26 Å². The lowest BCUT2D eigenvalue weighted by molar-refractivity contribution is 0.0995. The molecular weight excluding hydrogens is 228 g/mol. The summed E-state index contributed by atoms with van der Waals surface area (Å²) in [6.45, 7) is 0.489. The van der Waals surface area contributed by atoms with Gasteiger partial charge < -0.3 is 0 Å². The number of rotatable bonds is 1. The minimum absolute atomic E-state index is 0.0434. The molecule has 5 nitrogen and oxygen atoms in total. The number of carbonyl (C=O) groups is 1. The van der Waals surface area contributed by atoms with Gasteiger partial charge in [-0.05, 0) is 23.8 Å². The molecule has 1 aliphatic heterocycles. The normalized spacial score (nSPS) is 13.6. The van der Waals surface area contributed by atoms with E-state index in [1.165, 1.54) is 0 Å². The number of amides is 1. The van der Waals surface area contributed by atoms with Crippen LogP contribution in [0.4, 0.5) is 5.82 Å². The Morgan fingerprint density at radius 3 is 2.89 bits per heavy atom. The van der Waals surface area contributed by atoms with Crippen molar-refractivity contribution in [1.29, 1.82) is 5.26 Å². The molecule has 0 atom stereocenters. The fourth-order valence-electron chi connectivity index (χ4n) is 2.21. The van der Waals surface area contributed by atoms with Crippen molar-refractivity contribution in [2.75, 3.05) is 4.90 Å². The summed E-state index contributed by atoms with van der Waals surface area (Å²) >= 11 is 0. The standard InChI is InChI=1S/C13H10N4O/c1-16-12(4-5-15-16)17-8-10-6-9(7-14)2-3-11(10)13(17)18/h2-6H,8H2,1H3. The number of hydrogen-bond donors (Lipinski definition) is 0. The predicted molar refractivity (Wildman–Crippen MR) is 64.9 cm³/mol. The van der Waals surface area contributed by atoms with Gasteiger partial charge in [-0.1, -0.05) is 0 Å². The van der Waals surface area contributed by atoms with E-state index < -0.39 is 0 Å². The SMILES string of the molecule is Cn1nccc1N1Cc2cc(C#N)ccc2C1=O. The van der Waals surface area contributed by atoms with Gasteiger partial charge >= 0.3 is 0 Å². The van der Waals surface area contributed by atoms with E-state index in [9.17, 15) is 4.79 Å². The Kier molecular flexibility index (Phi) is 2.17. The van der Waals surface area contributed by atoms with E-state index >= 15 is 0 Å². The quantitative estimate of drug-likeness (QED) is 0.755. The van der Waals surface area contributed by atoms with Crippen molar-refractivity contribution in [3.05, 3.63) is 47.2 Å². The highest BCUT2D eigenvalue weighted by Gasteiger charge is 2.29. The highest BCUT2D eigenvalue weighted by atomic mass is 16.2. The minimum atomic E-state index is -0.0434. The molecule has 0 aliphatic carbocycles. The fourth-order valence-corrected chi connectivity index (χ4v) is 2.21. The second kappa shape index (κ2) is 3.70. The molecule has 0 unspecified atom stereocenters. The van der Waals surface area contributed by atoms with Gasteiger partial charge in [0.15, 0.2) is 0 Å². The smallest absolute Gasteiger partial charge is 0.260 e. The lowest BCUT2D eigenvalue weighted by Gasteiger charge is -2.14. The summed E-state index contributed by atoms with van der Waals surface area (Å²) in [4.78, 5) is 13.9. The lowest BCUT2D eigenvalue weighted by Crippen LogP contribution is -2.25. The molecule has 18 heavy (non-hydrogen) atoms. The molecule has 1 aromatic carbocycles. The number of nitrogens with zero attached hydrogens (tertiary/aromatic N) is 4. The van der Waals surface area contributed by atoms with E-state index in [-0.39, 0.29) is 5.91 Å². The van der Waals surface area contributed by atoms with E-state index in [1.807, 2.05) is 0 Å². The second-order valence-electron chi connectivity index (χ2n) is 4.19. The van der Waals surface area contributed by atoms with Crippen molar-refractivity contribution in [1.82, 2.24) is 9.78 Å². The maximum Gasteiger partial charge on any atom is 0.260 e. The molecule has 88 valence electrons. The maximum absolute atomic E-state index is 12.2. The molecule has 5 heteroatoms. The van der Waals surface area contributed by atoms with Crippen LogP contribution < -0.4 is 4.90 Å². The molecule has 0 radical (unpaired) electrons. The molecule has 1 aliphatic rings. The number of benzene rings is 1. The summed E-state index contributed by atoms with van der Waals surface area (Å²) in [5.41, 5.74) is 2.13. The number of aromatic nitrogens is 2. The van der Waals surface area contributed by atoms with Crippen LogP contribution >= 0.6 is 0 Å². The third-order valence-corrected chi connectivity index (χ3v) is 3.11. The Bertz CT molecular complexity index is 681. The highest BCUT2D eigenvalue weighted by molar-refractivity contribution is 6.09. The number of hydrogen-bond acceptors (Lipinski definition) is 3. The summed E-state index contributed by atoms with van der Waals surface area (Å²) in [7, 11) is 1.80. The van der Waals surface area contributed by atoms with Crippen molar-refractivity contribution in [2.24, 2.45) is 7.05 Å². The highest BCUT2D eigenvalue weighted by Crippen LogP contribution is 2.28. The summed E-state index contributed by atoms with van der Waals surface area (Å²) in [5.74, 6) is 0.716. The first kappa shape index (κ1) is 10.5. The number of aryl methyl sites for hydroxylation is 1. The van der Waals surface area contributed by atoms with Crippen LogP contribution in [0.3, 0.4) is 0 Å². The summed E-state index contributed by atoms with van der Waals surface area (Å²) < 4.78 is 1.66. The molecule has 0 N–H and O–H groups in total. The van der Waals surface area contributed by atoms with Gasteiger partial charge in [-0.3, -0.25) is 14.4 Å². The van der Waals surface area contributed by atoms with Gasteiger partial charge in [-0.15, -0.1) is 0 Å². The van der Waals surface area contributed by atoms with Gasteiger partial charge in [0.2, 0.25) is 0 Å². The Morgan fingerprint density at radius 2 is 2.22 bits per heavy atom. The van der Waals surface area contributed by atoms with Gasteiger partial charge in [-0.25, -0.2) is 0 Å². The van der Waals surface area contributed by atoms with Gasteiger partial charge in [0.1, 0.15) is 5.82 Å². The van der Waals surface area contributed by atoms with Crippen LogP contribution in [0.2, 0.25) is 0 Å². The third kappa shape index (κ3) is 1.39. The molecule has 0 fully saturated rings. The second-order valence-corrected chi connectivity index (χ2v) is 4.19. The van der Waals surface area contributed by atoms with Gasteiger partial charge in [0, 0.05) is 18.7 Å². The van der Waals surface area contributed by atoms with E-state index in [1.54, 1.807) is 47.1 Å². The van der Waals surface area contributed by atoms with E-state index in [0.29, 0.717) is 17.7 Å². The summed E-state index contributed by atoms with van der Waals surface area (Å²) in [6, 6.07) is 9.04. The average molecular weight is 238 g/mol. The molecule has 3 rings (SSSR count). The average Bonchev–Trinajstić information content (AvgIpc) is 2.93. The topological polar surface area (TPSA) is 61.9 Å². The zero-order valence-electron chi connectivity index (χ0n) is 9.79. The van der Waals surface area contributed by atoms with Crippen molar-refractivity contribution >= 4 is 11.7 Å². The van der Waals surface area contributed by atoms with Gasteiger partial charge in [0.05, 0.1) is 24.4 Å². The largest absolute Gasteiger partial charge is 0.288 e. The van der Waals surface area contributed by atoms with Crippen molar-refractivity contribution in [3.8, 4) is 6.07 Å². The van der Waals surface area contributed by atoms with Crippen LogP contribution in [0, 0.1) is 11.3 Å². The van der Waals surface area contributed by atoms with Crippen LogP contribution in [0.15, 0.2) is 30.5 Å². The first-order valence-corrected chi connectivity index (χ1v) is 5.53. The van der Waals surface area contributed by atoms with E-state index in [0.717, 1.165) is 11.4 Å². The lowest BCUT2D eigenvalue weighted by atomic mass is 10.1. The Morgan fingerprint density at radius 1 is 1.39 bits per heavy atom. The Hall–Kier alpha value is -2.61. The molecule has 1 aromatic heterocycles. The molecule has 2 heterocycles. The van der Waals surface area contributed by atoms with Crippen LogP contribution in [-0.2, 0) is 13.6 Å². The van der Waals surface area contributed by atoms with Crippen LogP contribution in [0.1, 0.15) is 21.5 Å².